The number of nitrogens with one attached hydrogen (secondary N) is 5. The van der Waals surface area contributed by atoms with Gasteiger partial charge in [0.05, 0.1) is 18.7 Å². The summed E-state index contributed by atoms with van der Waals surface area (Å²) in [5.74, 6) is -5.04. The van der Waals surface area contributed by atoms with Crippen molar-refractivity contribution < 1.29 is 44.1 Å². The second kappa shape index (κ2) is 19.0. The van der Waals surface area contributed by atoms with Gasteiger partial charge in [-0.15, -0.1) is 0 Å². The van der Waals surface area contributed by atoms with Gasteiger partial charge in [0.2, 0.25) is 29.5 Å². The third-order valence-corrected chi connectivity index (χ3v) is 7.22. The Morgan fingerprint density at radius 2 is 1.29 bits per heavy atom. The van der Waals surface area contributed by atoms with E-state index in [1.165, 1.54) is 26.0 Å². The zero-order chi connectivity index (χ0) is 36.0. The Kier molecular flexibility index (Phi) is 15.5. The molecule has 0 aliphatic rings. The number of benzene rings is 2. The van der Waals surface area contributed by atoms with E-state index in [0.717, 1.165) is 0 Å². The Balaban J connectivity index is 2.05. The van der Waals surface area contributed by atoms with Crippen molar-refractivity contribution >= 4 is 35.5 Å². The van der Waals surface area contributed by atoms with E-state index < -0.39 is 78.4 Å². The summed E-state index contributed by atoms with van der Waals surface area (Å²) in [4.78, 5) is 76.1. The number of carbonyl (C=O) groups is 6. The monoisotopic (exact) mass is 670 g/mol. The summed E-state index contributed by atoms with van der Waals surface area (Å²) < 4.78 is 0. The van der Waals surface area contributed by atoms with E-state index in [0.29, 0.717) is 11.1 Å². The molecule has 0 aliphatic carbocycles. The first-order valence-electron chi connectivity index (χ1n) is 15.5. The van der Waals surface area contributed by atoms with Gasteiger partial charge in [-0.2, -0.15) is 0 Å². The summed E-state index contributed by atoms with van der Waals surface area (Å²) in [6, 6.07) is 8.91. The standard InChI is InChI=1S/C33H46N6O9/c1-18(2)14-25(32(46)39-28(20(4)40)33(47)48)38-31(45)26(16-21-8-6-5-7-9-21)37-27(42)17-35-29(43)19(3)36-30(44)24(34)15-22-10-12-23(41)13-11-22/h5-13,18-20,24-26,28,40-41H,14-17,34H2,1-4H3,(H,35,43)(H,36,44)(H,37,42)(H,38,45)(H,39,46)(H,47,48)/t19-,20-,24+,25+,26+,28+/m1/s1. The number of hydrogen-bond donors (Lipinski definition) is 9. The third kappa shape index (κ3) is 13.4. The topological polar surface area (TPSA) is 249 Å². The molecule has 48 heavy (non-hydrogen) atoms. The van der Waals surface area contributed by atoms with E-state index in [1.54, 1.807) is 56.3 Å². The molecule has 0 saturated carbocycles. The number of carbonyl (C=O) groups excluding carboxylic acids is 5. The van der Waals surface area contributed by atoms with Crippen molar-refractivity contribution in [1.82, 2.24) is 26.6 Å². The van der Waals surface area contributed by atoms with Crippen molar-refractivity contribution in [3.8, 4) is 5.75 Å². The van der Waals surface area contributed by atoms with Crippen LogP contribution in [-0.4, -0.2) is 93.7 Å². The molecular weight excluding hydrogens is 624 g/mol. The number of carboxylic acid groups (broad SMARTS) is 1. The highest BCUT2D eigenvalue weighted by molar-refractivity contribution is 5.95. The number of aromatic hydroxyl groups is 1. The van der Waals surface area contributed by atoms with Crippen molar-refractivity contribution in [3.05, 3.63) is 65.7 Å². The van der Waals surface area contributed by atoms with Gasteiger partial charge < -0.3 is 47.6 Å². The molecule has 0 radical (unpaired) electrons. The molecule has 15 heteroatoms. The molecule has 262 valence electrons. The van der Waals surface area contributed by atoms with Gasteiger partial charge in [0.25, 0.3) is 0 Å². The molecule has 6 atom stereocenters. The SMILES string of the molecule is CC(C)C[C@H](NC(=O)[C@H](Cc1ccccc1)NC(=O)CNC(=O)[C@@H](C)NC(=O)[C@@H](N)Cc1ccc(O)cc1)C(=O)N[C@H](C(=O)O)[C@@H](C)O. The molecule has 0 bridgehead atoms. The van der Waals surface area contributed by atoms with E-state index in [9.17, 15) is 44.1 Å². The number of nitrogens with two attached hydrogens (primary N) is 1. The Morgan fingerprint density at radius 1 is 0.708 bits per heavy atom. The fourth-order valence-corrected chi connectivity index (χ4v) is 4.61. The fourth-order valence-electron chi connectivity index (χ4n) is 4.61. The number of aliphatic carboxylic acids is 1. The van der Waals surface area contributed by atoms with Crippen LogP contribution in [0.15, 0.2) is 54.6 Å². The van der Waals surface area contributed by atoms with Crippen molar-refractivity contribution in [2.45, 2.75) is 83.3 Å². The van der Waals surface area contributed by atoms with Gasteiger partial charge in [0.1, 0.15) is 23.9 Å². The average Bonchev–Trinajstić information content (AvgIpc) is 3.02. The second-order valence-corrected chi connectivity index (χ2v) is 12.0. The molecule has 0 fully saturated rings. The normalized spacial score (nSPS) is 14.7. The van der Waals surface area contributed by atoms with E-state index in [-0.39, 0.29) is 30.9 Å². The molecule has 2 aromatic carbocycles. The van der Waals surface area contributed by atoms with Crippen LogP contribution in [0.25, 0.3) is 0 Å². The average molecular weight is 671 g/mol. The van der Waals surface area contributed by atoms with Crippen LogP contribution in [0.5, 0.6) is 5.75 Å². The van der Waals surface area contributed by atoms with Gasteiger partial charge in [0, 0.05) is 6.42 Å². The summed E-state index contributed by atoms with van der Waals surface area (Å²) >= 11 is 0. The second-order valence-electron chi connectivity index (χ2n) is 12.0. The van der Waals surface area contributed by atoms with E-state index >= 15 is 0 Å². The first kappa shape index (κ1) is 39.2. The molecule has 0 heterocycles. The molecule has 2 aromatic rings. The van der Waals surface area contributed by atoms with Crippen LogP contribution in [0.1, 0.15) is 45.2 Å². The maximum absolute atomic E-state index is 13.5. The zero-order valence-electron chi connectivity index (χ0n) is 27.4. The van der Waals surface area contributed by atoms with Crippen LogP contribution >= 0.6 is 0 Å². The Bertz CT molecular complexity index is 1400. The highest BCUT2D eigenvalue weighted by Gasteiger charge is 2.32. The van der Waals surface area contributed by atoms with Gasteiger partial charge in [-0.25, -0.2) is 4.79 Å². The van der Waals surface area contributed by atoms with Gasteiger partial charge in [-0.05, 0) is 55.9 Å². The van der Waals surface area contributed by atoms with Crippen molar-refractivity contribution in [1.29, 1.82) is 0 Å². The molecular formula is C33H46N6O9. The molecule has 0 aliphatic heterocycles. The number of hydrogen-bond acceptors (Lipinski definition) is 9. The van der Waals surface area contributed by atoms with Gasteiger partial charge >= 0.3 is 5.97 Å². The fraction of sp³-hybridized carbons (Fsp3) is 0.455. The van der Waals surface area contributed by atoms with Crippen LogP contribution in [0.3, 0.4) is 0 Å². The number of phenolic OH excluding ortho intramolecular Hbond substituents is 1. The molecule has 0 unspecified atom stereocenters. The minimum Gasteiger partial charge on any atom is -0.508 e. The smallest absolute Gasteiger partial charge is 0.328 e. The predicted octanol–water partition coefficient (Wildman–Crippen LogP) is -0.908. The minimum atomic E-state index is -1.60. The quantitative estimate of drug-likeness (QED) is 0.0945. The van der Waals surface area contributed by atoms with Crippen molar-refractivity contribution in [2.75, 3.05) is 6.54 Å². The van der Waals surface area contributed by atoms with Crippen molar-refractivity contribution in [3.63, 3.8) is 0 Å². The Morgan fingerprint density at radius 3 is 1.85 bits per heavy atom. The molecule has 15 nitrogen and oxygen atoms in total. The minimum absolute atomic E-state index is 0.0270. The molecule has 2 rings (SSSR count). The molecule has 0 saturated heterocycles. The first-order valence-corrected chi connectivity index (χ1v) is 15.5. The molecule has 10 N–H and O–H groups in total. The number of amides is 5. The van der Waals surface area contributed by atoms with Crippen LogP contribution in [0.2, 0.25) is 0 Å². The Hall–Kier alpha value is -5.02. The predicted molar refractivity (Wildman–Crippen MR) is 175 cm³/mol. The summed E-state index contributed by atoms with van der Waals surface area (Å²) in [5, 5.41) is 40.9. The van der Waals surface area contributed by atoms with Crippen LogP contribution < -0.4 is 32.3 Å². The molecule has 0 aromatic heterocycles. The highest BCUT2D eigenvalue weighted by atomic mass is 16.4. The van der Waals surface area contributed by atoms with Crippen LogP contribution in [0.4, 0.5) is 0 Å². The lowest BCUT2D eigenvalue weighted by Crippen LogP contribution is -2.58. The van der Waals surface area contributed by atoms with Gasteiger partial charge in [-0.3, -0.25) is 24.0 Å². The lowest BCUT2D eigenvalue weighted by molar-refractivity contribution is -0.145. The van der Waals surface area contributed by atoms with Gasteiger partial charge in [0.15, 0.2) is 6.04 Å². The summed E-state index contributed by atoms with van der Waals surface area (Å²) in [6.07, 6.45) is -1.08. The third-order valence-electron chi connectivity index (χ3n) is 7.22. The van der Waals surface area contributed by atoms with Gasteiger partial charge in [-0.1, -0.05) is 56.3 Å². The number of aliphatic hydroxyl groups excluding tert-OH is 1. The number of carboxylic acids is 1. The maximum atomic E-state index is 13.5. The largest absolute Gasteiger partial charge is 0.508 e. The van der Waals surface area contributed by atoms with Crippen LogP contribution in [0, 0.1) is 5.92 Å². The van der Waals surface area contributed by atoms with Crippen LogP contribution in [-0.2, 0) is 41.6 Å². The summed E-state index contributed by atoms with van der Waals surface area (Å²) in [5.41, 5.74) is 7.36. The lowest BCUT2D eigenvalue weighted by atomic mass is 10.0. The zero-order valence-corrected chi connectivity index (χ0v) is 27.4. The van der Waals surface area contributed by atoms with E-state index in [1.807, 2.05) is 0 Å². The number of aliphatic hydroxyl groups is 1. The summed E-state index contributed by atoms with van der Waals surface area (Å²) in [7, 11) is 0. The molecule has 5 amide bonds. The maximum Gasteiger partial charge on any atom is 0.328 e. The highest BCUT2D eigenvalue weighted by Crippen LogP contribution is 2.11. The Labute approximate surface area is 279 Å². The lowest BCUT2D eigenvalue weighted by Gasteiger charge is -2.26. The number of rotatable bonds is 18. The summed E-state index contributed by atoms with van der Waals surface area (Å²) in [6.45, 7) is 5.68. The van der Waals surface area contributed by atoms with E-state index in [4.69, 9.17) is 5.73 Å². The first-order chi connectivity index (χ1) is 22.6. The van der Waals surface area contributed by atoms with E-state index in [2.05, 4.69) is 26.6 Å². The van der Waals surface area contributed by atoms with Crippen molar-refractivity contribution in [2.24, 2.45) is 11.7 Å². The molecule has 0 spiro atoms. The number of phenols is 1.